The molecule has 1 aliphatic heterocycles. The SMILES string of the molecule is C[C@]1(C(=O)NC2CCCCC2)Cn2c(nc3ccccc32)C(=O)N1Cc1ccc(F)cc1. The van der Waals surface area contributed by atoms with Crippen LogP contribution in [-0.2, 0) is 17.9 Å². The average Bonchev–Trinajstić information content (AvgIpc) is 3.17. The Labute approximate surface area is 186 Å². The van der Waals surface area contributed by atoms with Crippen molar-refractivity contribution in [1.29, 1.82) is 0 Å². The van der Waals surface area contributed by atoms with Gasteiger partial charge in [0.1, 0.15) is 11.4 Å². The maximum absolute atomic E-state index is 13.7. The number of carbonyl (C=O) groups is 2. The topological polar surface area (TPSA) is 67.2 Å². The molecule has 2 aliphatic rings. The molecule has 1 saturated carbocycles. The van der Waals surface area contributed by atoms with Gasteiger partial charge in [-0.3, -0.25) is 9.59 Å². The highest BCUT2D eigenvalue weighted by Gasteiger charge is 2.48. The van der Waals surface area contributed by atoms with Crippen LogP contribution in [0, 0.1) is 5.82 Å². The predicted molar refractivity (Wildman–Crippen MR) is 119 cm³/mol. The molecule has 3 aromatic rings. The Balaban J connectivity index is 1.54. The molecule has 0 spiro atoms. The Bertz CT molecular complexity index is 1170. The Morgan fingerprint density at radius 3 is 2.59 bits per heavy atom. The quantitative estimate of drug-likeness (QED) is 0.674. The summed E-state index contributed by atoms with van der Waals surface area (Å²) >= 11 is 0. The third-order valence-corrected chi connectivity index (χ3v) is 6.84. The second-order valence-electron chi connectivity index (χ2n) is 9.11. The van der Waals surface area contributed by atoms with Gasteiger partial charge in [0.2, 0.25) is 5.91 Å². The minimum absolute atomic E-state index is 0.136. The smallest absolute Gasteiger partial charge is 0.291 e. The molecule has 5 rings (SSSR count). The van der Waals surface area contributed by atoms with Crippen molar-refractivity contribution in [3.8, 4) is 0 Å². The predicted octanol–water partition coefficient (Wildman–Crippen LogP) is 4.04. The standard InChI is InChI=1S/C25H27FN4O2/c1-25(24(32)27-19-7-3-2-4-8-19)16-29-21-10-6-5-9-20(21)28-22(29)23(31)30(25)15-17-11-13-18(26)14-12-17/h5-6,9-14,19H,2-4,7-8,15-16H2,1H3,(H,27,32)/t25-/m1/s1. The van der Waals surface area contributed by atoms with Crippen molar-refractivity contribution in [3.63, 3.8) is 0 Å². The van der Waals surface area contributed by atoms with Gasteiger partial charge < -0.3 is 14.8 Å². The maximum Gasteiger partial charge on any atom is 0.291 e. The van der Waals surface area contributed by atoms with Gasteiger partial charge in [-0.05, 0) is 49.6 Å². The second kappa shape index (κ2) is 8.04. The average molecular weight is 435 g/mol. The summed E-state index contributed by atoms with van der Waals surface area (Å²) in [6.45, 7) is 2.34. The minimum atomic E-state index is -1.10. The highest BCUT2D eigenvalue weighted by molar-refractivity contribution is 6.01. The van der Waals surface area contributed by atoms with Crippen molar-refractivity contribution in [1.82, 2.24) is 19.8 Å². The van der Waals surface area contributed by atoms with Crippen LogP contribution in [0.3, 0.4) is 0 Å². The number of fused-ring (bicyclic) bond motifs is 3. The van der Waals surface area contributed by atoms with Crippen LogP contribution in [-0.4, -0.2) is 37.8 Å². The van der Waals surface area contributed by atoms with E-state index in [0.29, 0.717) is 12.4 Å². The van der Waals surface area contributed by atoms with E-state index in [1.165, 1.54) is 18.6 Å². The van der Waals surface area contributed by atoms with Gasteiger partial charge in [-0.15, -0.1) is 0 Å². The highest BCUT2D eigenvalue weighted by atomic mass is 19.1. The summed E-state index contributed by atoms with van der Waals surface area (Å²) in [5.41, 5.74) is 1.24. The largest absolute Gasteiger partial charge is 0.351 e. The zero-order valence-corrected chi connectivity index (χ0v) is 18.2. The lowest BCUT2D eigenvalue weighted by molar-refractivity contribution is -0.134. The van der Waals surface area contributed by atoms with Gasteiger partial charge in [-0.1, -0.05) is 43.5 Å². The van der Waals surface area contributed by atoms with Gasteiger partial charge in [0, 0.05) is 12.6 Å². The van der Waals surface area contributed by atoms with Gasteiger partial charge in [0.05, 0.1) is 17.6 Å². The molecule has 1 aliphatic carbocycles. The van der Waals surface area contributed by atoms with Crippen LogP contribution in [0.15, 0.2) is 48.5 Å². The van der Waals surface area contributed by atoms with Crippen molar-refractivity contribution in [2.24, 2.45) is 0 Å². The molecule has 1 N–H and O–H groups in total. The van der Waals surface area contributed by atoms with E-state index in [4.69, 9.17) is 0 Å². The van der Waals surface area contributed by atoms with E-state index >= 15 is 0 Å². The molecule has 0 saturated heterocycles. The van der Waals surface area contributed by atoms with Gasteiger partial charge in [-0.25, -0.2) is 9.37 Å². The first-order valence-electron chi connectivity index (χ1n) is 11.3. The molecule has 1 fully saturated rings. The monoisotopic (exact) mass is 434 g/mol. The van der Waals surface area contributed by atoms with Crippen molar-refractivity contribution in [2.45, 2.75) is 63.7 Å². The third kappa shape index (κ3) is 3.55. The molecule has 0 radical (unpaired) electrons. The normalized spacial score (nSPS) is 21.6. The minimum Gasteiger partial charge on any atom is -0.351 e. The van der Waals surface area contributed by atoms with Crippen LogP contribution in [0.5, 0.6) is 0 Å². The Morgan fingerprint density at radius 2 is 1.84 bits per heavy atom. The number of benzene rings is 2. The van der Waals surface area contributed by atoms with Gasteiger partial charge in [0.25, 0.3) is 5.91 Å². The number of para-hydroxylation sites is 2. The molecule has 6 nitrogen and oxygen atoms in total. The molecule has 0 bridgehead atoms. The van der Waals surface area contributed by atoms with Gasteiger partial charge in [0.15, 0.2) is 5.82 Å². The number of halogens is 1. The van der Waals surface area contributed by atoms with Crippen molar-refractivity contribution in [3.05, 3.63) is 65.7 Å². The number of aromatic nitrogens is 2. The van der Waals surface area contributed by atoms with Crippen molar-refractivity contribution < 1.29 is 14.0 Å². The maximum atomic E-state index is 13.7. The number of hydrogen-bond donors (Lipinski definition) is 1. The van der Waals surface area contributed by atoms with Crippen LogP contribution >= 0.6 is 0 Å². The molecule has 2 amide bonds. The van der Waals surface area contributed by atoms with Crippen LogP contribution in [0.2, 0.25) is 0 Å². The molecular weight excluding hydrogens is 407 g/mol. The molecule has 2 aromatic carbocycles. The highest BCUT2D eigenvalue weighted by Crippen LogP contribution is 2.32. The fourth-order valence-corrected chi connectivity index (χ4v) is 4.94. The first-order chi connectivity index (χ1) is 15.5. The van der Waals surface area contributed by atoms with Crippen LogP contribution in [0.1, 0.15) is 55.2 Å². The van der Waals surface area contributed by atoms with E-state index in [9.17, 15) is 14.0 Å². The Kier molecular flexibility index (Phi) is 5.19. The van der Waals surface area contributed by atoms with Gasteiger partial charge in [-0.2, -0.15) is 0 Å². The second-order valence-corrected chi connectivity index (χ2v) is 9.11. The first-order valence-corrected chi connectivity index (χ1v) is 11.3. The zero-order chi connectivity index (χ0) is 22.3. The fraction of sp³-hybridized carbons (Fsp3) is 0.400. The van der Waals surface area contributed by atoms with Crippen molar-refractivity contribution in [2.75, 3.05) is 0 Å². The first kappa shape index (κ1) is 20.7. The molecule has 1 atom stereocenters. The molecule has 1 aromatic heterocycles. The molecule has 7 heteroatoms. The summed E-state index contributed by atoms with van der Waals surface area (Å²) in [5.74, 6) is -0.448. The lowest BCUT2D eigenvalue weighted by Crippen LogP contribution is -2.64. The fourth-order valence-electron chi connectivity index (χ4n) is 4.94. The third-order valence-electron chi connectivity index (χ3n) is 6.84. The number of amides is 2. The Hall–Kier alpha value is -3.22. The number of hydrogen-bond acceptors (Lipinski definition) is 3. The molecular formula is C25H27FN4O2. The van der Waals surface area contributed by atoms with Crippen LogP contribution in [0.4, 0.5) is 4.39 Å². The molecule has 32 heavy (non-hydrogen) atoms. The molecule has 0 unspecified atom stereocenters. The lowest BCUT2D eigenvalue weighted by atomic mass is 9.91. The van der Waals surface area contributed by atoms with E-state index in [2.05, 4.69) is 10.3 Å². The van der Waals surface area contributed by atoms with E-state index in [-0.39, 0.29) is 30.2 Å². The summed E-state index contributed by atoms with van der Waals surface area (Å²) in [6.07, 6.45) is 5.34. The molecule has 2 heterocycles. The summed E-state index contributed by atoms with van der Waals surface area (Å²) in [5, 5.41) is 3.22. The number of rotatable bonds is 4. The van der Waals surface area contributed by atoms with Crippen molar-refractivity contribution >= 4 is 22.8 Å². The summed E-state index contributed by atoms with van der Waals surface area (Å²) in [6, 6.07) is 13.8. The summed E-state index contributed by atoms with van der Waals surface area (Å²) in [4.78, 5) is 33.5. The Morgan fingerprint density at radius 1 is 1.12 bits per heavy atom. The number of carbonyl (C=O) groups excluding carboxylic acids is 2. The van der Waals surface area contributed by atoms with E-state index in [0.717, 1.165) is 42.3 Å². The summed E-state index contributed by atoms with van der Waals surface area (Å²) in [7, 11) is 0. The van der Waals surface area contributed by atoms with E-state index in [1.54, 1.807) is 17.0 Å². The number of imidazole rings is 1. The van der Waals surface area contributed by atoms with E-state index < -0.39 is 5.54 Å². The van der Waals surface area contributed by atoms with Gasteiger partial charge >= 0.3 is 0 Å². The van der Waals surface area contributed by atoms with Crippen LogP contribution in [0.25, 0.3) is 11.0 Å². The van der Waals surface area contributed by atoms with Crippen LogP contribution < -0.4 is 5.32 Å². The number of nitrogens with zero attached hydrogens (tertiary/aromatic N) is 3. The lowest BCUT2D eigenvalue weighted by Gasteiger charge is -2.44. The summed E-state index contributed by atoms with van der Waals surface area (Å²) < 4.78 is 15.3. The molecule has 166 valence electrons. The van der Waals surface area contributed by atoms with E-state index in [1.807, 2.05) is 35.8 Å². The zero-order valence-electron chi connectivity index (χ0n) is 18.2. The number of nitrogens with one attached hydrogen (secondary N) is 1.